The van der Waals surface area contributed by atoms with Crippen LogP contribution in [0, 0.1) is 0 Å². The molecule has 0 atom stereocenters. The van der Waals surface area contributed by atoms with Gasteiger partial charge >= 0.3 is 0 Å². The Morgan fingerprint density at radius 3 is 1.57 bits per heavy atom. The molecule has 0 unspecified atom stereocenters. The first-order valence-electron chi connectivity index (χ1n) is 14.4. The lowest BCUT2D eigenvalue weighted by Crippen LogP contribution is -2.48. The molecule has 1 aromatic heterocycles. The molecule has 0 spiro atoms. The number of aromatic nitrogens is 2. The second-order valence-corrected chi connectivity index (χ2v) is 11.3. The third kappa shape index (κ3) is 7.03. The molecule has 2 saturated heterocycles. The summed E-state index contributed by atoms with van der Waals surface area (Å²) in [6, 6.07) is 31.1. The average Bonchev–Trinajstić information content (AvgIpc) is 3.05. The number of nitrogens with zero attached hydrogens (tertiary/aromatic N) is 6. The molecular weight excluding hydrogens is 564 g/mol. The van der Waals surface area contributed by atoms with Gasteiger partial charge in [-0.1, -0.05) is 60.1 Å². The van der Waals surface area contributed by atoms with E-state index in [9.17, 15) is 0 Å². The van der Waals surface area contributed by atoms with E-state index in [0.29, 0.717) is 22.6 Å². The minimum absolute atomic E-state index is 0.482. The van der Waals surface area contributed by atoms with Crippen LogP contribution in [0.5, 0.6) is 0 Å². The lowest BCUT2D eigenvalue weighted by atomic mass is 10.2. The van der Waals surface area contributed by atoms with Crippen molar-refractivity contribution in [2.45, 2.75) is 6.54 Å². The molecule has 3 aromatic carbocycles. The Morgan fingerprint density at radius 1 is 0.643 bits per heavy atom. The van der Waals surface area contributed by atoms with Crippen LogP contribution in [0.3, 0.4) is 0 Å². The maximum Gasteiger partial charge on any atom is 0.232 e. The quantitative estimate of drug-likeness (QED) is 0.277. The van der Waals surface area contributed by atoms with Gasteiger partial charge in [-0.2, -0.15) is 9.97 Å². The van der Waals surface area contributed by atoms with E-state index in [4.69, 9.17) is 33.8 Å². The minimum atomic E-state index is 0.482. The summed E-state index contributed by atoms with van der Waals surface area (Å²) in [6.45, 7) is 7.84. The molecule has 0 bridgehead atoms. The molecule has 216 valence electrons. The van der Waals surface area contributed by atoms with Crippen molar-refractivity contribution in [3.8, 4) is 0 Å². The summed E-state index contributed by atoms with van der Waals surface area (Å²) >= 11 is 11.7. The lowest BCUT2D eigenvalue weighted by molar-refractivity contribution is 0.639. The maximum absolute atomic E-state index is 6.03. The highest BCUT2D eigenvalue weighted by Crippen LogP contribution is 2.26. The molecule has 0 aliphatic carbocycles. The summed E-state index contributed by atoms with van der Waals surface area (Å²) < 4.78 is 0. The molecule has 3 heterocycles. The minimum Gasteiger partial charge on any atom is -0.368 e. The fourth-order valence-electron chi connectivity index (χ4n) is 5.40. The van der Waals surface area contributed by atoms with Gasteiger partial charge in [0.15, 0.2) is 5.11 Å². The molecule has 2 N–H and O–H groups in total. The van der Waals surface area contributed by atoms with Gasteiger partial charge in [0, 0.05) is 81.4 Å². The van der Waals surface area contributed by atoms with E-state index >= 15 is 0 Å². The van der Waals surface area contributed by atoms with E-state index in [2.05, 4.69) is 97.0 Å². The van der Waals surface area contributed by atoms with Crippen LogP contribution in [-0.2, 0) is 6.54 Å². The Hall–Kier alpha value is -4.08. The number of anilines is 5. The third-order valence-corrected chi connectivity index (χ3v) is 8.24. The van der Waals surface area contributed by atoms with Gasteiger partial charge in [-0.25, -0.2) is 0 Å². The first-order chi connectivity index (χ1) is 20.6. The Morgan fingerprint density at radius 2 is 1.10 bits per heavy atom. The molecule has 8 nitrogen and oxygen atoms in total. The predicted octanol–water partition coefficient (Wildman–Crippen LogP) is 5.27. The highest BCUT2D eigenvalue weighted by molar-refractivity contribution is 7.80. The van der Waals surface area contributed by atoms with Crippen molar-refractivity contribution in [2.24, 2.45) is 0 Å². The van der Waals surface area contributed by atoms with Gasteiger partial charge in [0.25, 0.3) is 0 Å². The van der Waals surface area contributed by atoms with E-state index in [0.717, 1.165) is 69.6 Å². The van der Waals surface area contributed by atoms with Gasteiger partial charge in [-0.3, -0.25) is 0 Å². The predicted molar refractivity (Wildman–Crippen MR) is 178 cm³/mol. The third-order valence-electron chi connectivity index (χ3n) is 7.74. The van der Waals surface area contributed by atoms with Gasteiger partial charge in [-0.05, 0) is 54.2 Å². The van der Waals surface area contributed by atoms with Crippen molar-refractivity contribution in [1.29, 1.82) is 0 Å². The number of halogens is 1. The SMILES string of the molecule is S=C(NCc1ccc(Cl)cc1)Nc1nc(N2CCN(c3ccccc3)CC2)cc(N2CCN(c3ccccc3)CC2)n1. The van der Waals surface area contributed by atoms with Gasteiger partial charge in [0.2, 0.25) is 5.95 Å². The fraction of sp³-hybridized carbons (Fsp3) is 0.281. The van der Waals surface area contributed by atoms with Crippen molar-refractivity contribution in [3.05, 3.63) is 102 Å². The number of rotatable bonds is 7. The summed E-state index contributed by atoms with van der Waals surface area (Å²) in [4.78, 5) is 19.4. The van der Waals surface area contributed by atoms with Crippen LogP contribution in [0.1, 0.15) is 5.56 Å². The monoisotopic (exact) mass is 598 g/mol. The second kappa shape index (κ2) is 13.3. The first-order valence-corrected chi connectivity index (χ1v) is 15.2. The summed E-state index contributed by atoms with van der Waals surface area (Å²) in [6.07, 6.45) is 0. The van der Waals surface area contributed by atoms with Crippen molar-refractivity contribution in [3.63, 3.8) is 0 Å². The Labute approximate surface area is 257 Å². The number of benzene rings is 3. The van der Waals surface area contributed by atoms with Crippen LogP contribution in [-0.4, -0.2) is 67.4 Å². The van der Waals surface area contributed by atoms with E-state index in [1.165, 1.54) is 11.4 Å². The zero-order valence-corrected chi connectivity index (χ0v) is 25.1. The molecule has 42 heavy (non-hydrogen) atoms. The average molecular weight is 599 g/mol. The zero-order chi connectivity index (χ0) is 28.7. The largest absolute Gasteiger partial charge is 0.368 e. The van der Waals surface area contributed by atoms with Crippen LogP contribution in [0.4, 0.5) is 29.0 Å². The van der Waals surface area contributed by atoms with Gasteiger partial charge in [-0.15, -0.1) is 0 Å². The summed E-state index contributed by atoms with van der Waals surface area (Å²) in [5, 5.41) is 7.72. The van der Waals surface area contributed by atoms with Gasteiger partial charge in [0.1, 0.15) is 11.6 Å². The van der Waals surface area contributed by atoms with Crippen molar-refractivity contribution >= 4 is 57.9 Å². The van der Waals surface area contributed by atoms with Crippen molar-refractivity contribution in [1.82, 2.24) is 15.3 Å². The Kier molecular flexibility index (Phi) is 8.86. The van der Waals surface area contributed by atoms with Crippen LogP contribution in [0.15, 0.2) is 91.0 Å². The van der Waals surface area contributed by atoms with E-state index in [1.54, 1.807) is 0 Å². The van der Waals surface area contributed by atoms with Crippen LogP contribution < -0.4 is 30.2 Å². The number of hydrogen-bond donors (Lipinski definition) is 2. The van der Waals surface area contributed by atoms with Crippen LogP contribution in [0.2, 0.25) is 5.02 Å². The zero-order valence-electron chi connectivity index (χ0n) is 23.5. The maximum atomic E-state index is 6.03. The molecule has 2 aliphatic heterocycles. The van der Waals surface area contributed by atoms with E-state index in [-0.39, 0.29) is 0 Å². The number of hydrogen-bond acceptors (Lipinski definition) is 7. The number of piperazine rings is 2. The summed E-state index contributed by atoms with van der Waals surface area (Å²) in [5.41, 5.74) is 3.61. The number of thiocarbonyl (C=S) groups is 1. The van der Waals surface area contributed by atoms with Crippen molar-refractivity contribution < 1.29 is 0 Å². The lowest BCUT2D eigenvalue weighted by Gasteiger charge is -2.38. The standard InChI is InChI=1S/C32H35ClN8S/c33-26-13-11-25(12-14-26)24-34-32(42)37-31-35-29(40-19-15-38(16-20-40)27-7-3-1-4-8-27)23-30(36-31)41-21-17-39(18-22-41)28-9-5-2-6-10-28/h1-14,23H,15-22,24H2,(H2,34,35,36,37,42). The molecular formula is C32H35ClN8S. The van der Waals surface area contributed by atoms with Crippen LogP contribution in [0.25, 0.3) is 0 Å². The highest BCUT2D eigenvalue weighted by atomic mass is 35.5. The van der Waals surface area contributed by atoms with Crippen molar-refractivity contribution in [2.75, 3.05) is 77.3 Å². The highest BCUT2D eigenvalue weighted by Gasteiger charge is 2.23. The number of para-hydroxylation sites is 2. The normalized spacial score (nSPS) is 15.5. The second-order valence-electron chi connectivity index (χ2n) is 10.5. The van der Waals surface area contributed by atoms with Gasteiger partial charge < -0.3 is 30.2 Å². The molecule has 10 heteroatoms. The smallest absolute Gasteiger partial charge is 0.232 e. The Balaban J connectivity index is 1.16. The molecule has 6 rings (SSSR count). The fourth-order valence-corrected chi connectivity index (χ4v) is 5.69. The molecule has 2 fully saturated rings. The summed E-state index contributed by atoms with van der Waals surface area (Å²) in [7, 11) is 0. The molecule has 0 amide bonds. The molecule has 4 aromatic rings. The molecule has 0 saturated carbocycles. The number of nitrogens with one attached hydrogen (secondary N) is 2. The molecule has 2 aliphatic rings. The molecule has 0 radical (unpaired) electrons. The van der Waals surface area contributed by atoms with Gasteiger partial charge in [0.05, 0.1) is 0 Å². The first kappa shape index (κ1) is 28.1. The van der Waals surface area contributed by atoms with E-state index in [1.807, 2.05) is 24.3 Å². The topological polar surface area (TPSA) is 62.8 Å². The van der Waals surface area contributed by atoms with Crippen LogP contribution >= 0.6 is 23.8 Å². The van der Waals surface area contributed by atoms with E-state index < -0.39 is 0 Å². The Bertz CT molecular complexity index is 1380. The summed E-state index contributed by atoms with van der Waals surface area (Å²) in [5.74, 6) is 2.34.